The molecule has 0 bridgehead atoms. The average molecular weight is 263 g/mol. The van der Waals surface area contributed by atoms with E-state index in [1.54, 1.807) is 12.4 Å². The summed E-state index contributed by atoms with van der Waals surface area (Å²) in [5, 5.41) is 3.14. The fourth-order valence-electron chi connectivity index (χ4n) is 1.85. The van der Waals surface area contributed by atoms with Gasteiger partial charge in [0.1, 0.15) is 5.82 Å². The van der Waals surface area contributed by atoms with Gasteiger partial charge in [0.2, 0.25) is 0 Å². The van der Waals surface area contributed by atoms with Crippen molar-refractivity contribution in [3.05, 3.63) is 18.2 Å². The Morgan fingerprint density at radius 1 is 1.39 bits per heavy atom. The van der Waals surface area contributed by atoms with E-state index in [0.717, 1.165) is 6.42 Å². The molecule has 0 saturated heterocycles. The number of aromatic nitrogens is 2. The maximum Gasteiger partial charge on any atom is 0.389 e. The Balaban J connectivity index is 2.71. The summed E-state index contributed by atoms with van der Waals surface area (Å²) in [7, 11) is 0. The molecule has 0 aliphatic rings. The van der Waals surface area contributed by atoms with Crippen molar-refractivity contribution < 1.29 is 13.2 Å². The smallest absolute Gasteiger partial charge is 0.334 e. The van der Waals surface area contributed by atoms with Gasteiger partial charge in [-0.3, -0.25) is 0 Å². The first-order valence-electron chi connectivity index (χ1n) is 6.29. The lowest BCUT2D eigenvalue weighted by molar-refractivity contribution is -0.136. The molecule has 0 radical (unpaired) electrons. The van der Waals surface area contributed by atoms with Crippen molar-refractivity contribution in [1.82, 2.24) is 14.9 Å². The van der Waals surface area contributed by atoms with Crippen LogP contribution in [-0.4, -0.2) is 22.3 Å². The lowest BCUT2D eigenvalue weighted by Gasteiger charge is -2.19. The van der Waals surface area contributed by atoms with Crippen LogP contribution in [0.4, 0.5) is 13.2 Å². The zero-order valence-corrected chi connectivity index (χ0v) is 10.8. The van der Waals surface area contributed by atoms with E-state index in [4.69, 9.17) is 0 Å². The molecular formula is C12H20F3N3. The molecule has 18 heavy (non-hydrogen) atoms. The fraction of sp³-hybridized carbons (Fsp3) is 0.750. The number of nitrogens with one attached hydrogen (secondary N) is 1. The van der Waals surface area contributed by atoms with Crippen LogP contribution in [-0.2, 0) is 6.54 Å². The van der Waals surface area contributed by atoms with Crippen molar-refractivity contribution in [1.29, 1.82) is 0 Å². The van der Waals surface area contributed by atoms with Gasteiger partial charge in [-0.1, -0.05) is 6.92 Å². The van der Waals surface area contributed by atoms with Gasteiger partial charge >= 0.3 is 6.18 Å². The van der Waals surface area contributed by atoms with Crippen molar-refractivity contribution in [2.75, 3.05) is 6.54 Å². The summed E-state index contributed by atoms with van der Waals surface area (Å²) in [4.78, 5) is 4.17. The molecule has 1 aromatic heterocycles. The topological polar surface area (TPSA) is 29.9 Å². The summed E-state index contributed by atoms with van der Waals surface area (Å²) >= 11 is 0. The Morgan fingerprint density at radius 2 is 2.11 bits per heavy atom. The zero-order chi connectivity index (χ0) is 13.6. The zero-order valence-electron chi connectivity index (χ0n) is 10.8. The first-order valence-corrected chi connectivity index (χ1v) is 6.29. The van der Waals surface area contributed by atoms with E-state index >= 15 is 0 Å². The van der Waals surface area contributed by atoms with Crippen LogP contribution in [0.5, 0.6) is 0 Å². The average Bonchev–Trinajstić information content (AvgIpc) is 2.76. The SMILES string of the molecule is CCCNC(CCC(F)(F)F)c1nccn1CC. The van der Waals surface area contributed by atoms with Gasteiger partial charge in [0.05, 0.1) is 6.04 Å². The monoisotopic (exact) mass is 263 g/mol. The molecule has 0 aliphatic carbocycles. The quantitative estimate of drug-likeness (QED) is 0.818. The summed E-state index contributed by atoms with van der Waals surface area (Å²) in [6.07, 6.45) is -0.562. The molecule has 0 fully saturated rings. The highest BCUT2D eigenvalue weighted by Crippen LogP contribution is 2.27. The highest BCUT2D eigenvalue weighted by atomic mass is 19.4. The van der Waals surface area contributed by atoms with E-state index in [2.05, 4.69) is 10.3 Å². The van der Waals surface area contributed by atoms with Gasteiger partial charge in [0.15, 0.2) is 0 Å². The molecule has 0 saturated carbocycles. The van der Waals surface area contributed by atoms with Gasteiger partial charge in [-0.2, -0.15) is 13.2 Å². The molecule has 1 rings (SSSR count). The Hall–Kier alpha value is -1.04. The second-order valence-electron chi connectivity index (χ2n) is 4.23. The third kappa shape index (κ3) is 4.68. The third-order valence-electron chi connectivity index (χ3n) is 2.76. The maximum absolute atomic E-state index is 12.3. The standard InChI is InChI=1S/C12H20F3N3/c1-3-7-16-10(5-6-12(13,14)15)11-17-8-9-18(11)4-2/h8-10,16H,3-7H2,1-2H3. The molecule has 0 amide bonds. The molecule has 1 unspecified atom stereocenters. The van der Waals surface area contributed by atoms with Crippen molar-refractivity contribution in [3.63, 3.8) is 0 Å². The van der Waals surface area contributed by atoms with Crippen LogP contribution in [0.2, 0.25) is 0 Å². The van der Waals surface area contributed by atoms with Crippen LogP contribution in [0.25, 0.3) is 0 Å². The van der Waals surface area contributed by atoms with Crippen LogP contribution in [0.1, 0.15) is 45.0 Å². The van der Waals surface area contributed by atoms with E-state index in [1.165, 1.54) is 0 Å². The number of hydrogen-bond acceptors (Lipinski definition) is 2. The van der Waals surface area contributed by atoms with Gasteiger partial charge in [-0.05, 0) is 26.3 Å². The first-order chi connectivity index (χ1) is 8.48. The number of hydrogen-bond donors (Lipinski definition) is 1. The lowest BCUT2D eigenvalue weighted by Crippen LogP contribution is -2.26. The summed E-state index contributed by atoms with van der Waals surface area (Å²) in [6.45, 7) is 5.34. The Kier molecular flexibility index (Phi) is 5.65. The molecule has 0 aliphatic heterocycles. The first kappa shape index (κ1) is 15.0. The van der Waals surface area contributed by atoms with Crippen LogP contribution < -0.4 is 5.32 Å². The number of imidazole rings is 1. The molecule has 0 aromatic carbocycles. The molecule has 6 heteroatoms. The molecule has 1 atom stereocenters. The number of alkyl halides is 3. The van der Waals surface area contributed by atoms with E-state index < -0.39 is 12.6 Å². The van der Waals surface area contributed by atoms with Crippen molar-refractivity contribution in [3.8, 4) is 0 Å². The van der Waals surface area contributed by atoms with Crippen LogP contribution in [0.15, 0.2) is 12.4 Å². The highest BCUT2D eigenvalue weighted by Gasteiger charge is 2.29. The Bertz CT molecular complexity index is 347. The van der Waals surface area contributed by atoms with Gasteiger partial charge in [0, 0.05) is 25.4 Å². The van der Waals surface area contributed by atoms with Crippen LogP contribution >= 0.6 is 0 Å². The summed E-state index contributed by atoms with van der Waals surface area (Å²) in [6, 6.07) is -0.332. The normalized spacial score (nSPS) is 13.8. The van der Waals surface area contributed by atoms with Gasteiger partial charge in [-0.25, -0.2) is 4.98 Å². The highest BCUT2D eigenvalue weighted by molar-refractivity contribution is 4.99. The third-order valence-corrected chi connectivity index (χ3v) is 2.76. The van der Waals surface area contributed by atoms with Gasteiger partial charge in [0.25, 0.3) is 0 Å². The summed E-state index contributed by atoms with van der Waals surface area (Å²) in [5.41, 5.74) is 0. The molecule has 104 valence electrons. The van der Waals surface area contributed by atoms with E-state index in [0.29, 0.717) is 18.9 Å². The van der Waals surface area contributed by atoms with Gasteiger partial charge < -0.3 is 9.88 Å². The fourth-order valence-corrected chi connectivity index (χ4v) is 1.85. The molecular weight excluding hydrogens is 243 g/mol. The minimum absolute atomic E-state index is 0.0283. The Labute approximate surface area is 105 Å². The van der Waals surface area contributed by atoms with Crippen molar-refractivity contribution in [2.24, 2.45) is 0 Å². The Morgan fingerprint density at radius 3 is 2.67 bits per heavy atom. The number of rotatable bonds is 7. The number of nitrogens with zero attached hydrogens (tertiary/aromatic N) is 2. The van der Waals surface area contributed by atoms with E-state index in [1.807, 2.05) is 18.4 Å². The molecule has 1 aromatic rings. The second-order valence-corrected chi connectivity index (χ2v) is 4.23. The largest absolute Gasteiger partial charge is 0.389 e. The van der Waals surface area contributed by atoms with Gasteiger partial charge in [-0.15, -0.1) is 0 Å². The molecule has 1 heterocycles. The van der Waals surface area contributed by atoms with Crippen LogP contribution in [0.3, 0.4) is 0 Å². The molecule has 1 N–H and O–H groups in total. The second kappa shape index (κ2) is 6.78. The minimum Gasteiger partial charge on any atom is -0.334 e. The summed E-state index contributed by atoms with van der Waals surface area (Å²) in [5.74, 6) is 0.690. The predicted molar refractivity (Wildman–Crippen MR) is 64.2 cm³/mol. The lowest BCUT2D eigenvalue weighted by atomic mass is 10.1. The minimum atomic E-state index is -4.12. The van der Waals surface area contributed by atoms with Crippen molar-refractivity contribution >= 4 is 0 Å². The van der Waals surface area contributed by atoms with Crippen molar-refractivity contribution in [2.45, 2.75) is 51.9 Å². The van der Waals surface area contributed by atoms with E-state index in [9.17, 15) is 13.2 Å². The molecule has 3 nitrogen and oxygen atoms in total. The number of halogens is 3. The summed E-state index contributed by atoms with van der Waals surface area (Å²) < 4.78 is 38.8. The maximum atomic E-state index is 12.3. The van der Waals surface area contributed by atoms with E-state index in [-0.39, 0.29) is 12.5 Å². The molecule has 0 spiro atoms. The number of aryl methyl sites for hydroxylation is 1. The predicted octanol–water partition coefficient (Wildman–Crippen LogP) is 3.29. The van der Waals surface area contributed by atoms with Crippen LogP contribution in [0, 0.1) is 0 Å².